The van der Waals surface area contributed by atoms with Crippen molar-refractivity contribution in [2.24, 2.45) is 0 Å². The zero-order valence-corrected chi connectivity index (χ0v) is 14.5. The van der Waals surface area contributed by atoms with E-state index in [4.69, 9.17) is 0 Å². The second-order valence-corrected chi connectivity index (χ2v) is 6.15. The van der Waals surface area contributed by atoms with Crippen LogP contribution in [0.15, 0.2) is 29.1 Å². The Morgan fingerprint density at radius 1 is 1.19 bits per heavy atom. The summed E-state index contributed by atoms with van der Waals surface area (Å²) in [5, 5.41) is 4.29. The molecule has 0 fully saturated rings. The van der Waals surface area contributed by atoms with E-state index in [9.17, 15) is 18.0 Å². The second kappa shape index (κ2) is 6.81. The van der Waals surface area contributed by atoms with Gasteiger partial charge in [-0.2, -0.15) is 10.1 Å². The summed E-state index contributed by atoms with van der Waals surface area (Å²) < 4.78 is 40.3. The van der Waals surface area contributed by atoms with Gasteiger partial charge in [0.1, 0.15) is 17.8 Å². The van der Waals surface area contributed by atoms with Crippen molar-refractivity contribution < 1.29 is 13.2 Å². The molecule has 0 unspecified atom stereocenters. The molecule has 26 heavy (non-hydrogen) atoms. The van der Waals surface area contributed by atoms with Gasteiger partial charge in [-0.3, -0.25) is 9.78 Å². The predicted molar refractivity (Wildman–Crippen MR) is 92.5 cm³/mol. The molecule has 138 valence electrons. The van der Waals surface area contributed by atoms with Crippen LogP contribution in [-0.4, -0.2) is 33.8 Å². The molecule has 0 saturated heterocycles. The molecule has 2 heterocycles. The molecule has 2 aromatic heterocycles. The fourth-order valence-electron chi connectivity index (χ4n) is 2.74. The third-order valence-electron chi connectivity index (χ3n) is 4.21. The average Bonchev–Trinajstić information content (AvgIpc) is 3.00. The third kappa shape index (κ3) is 3.04. The molecule has 1 aromatic carbocycles. The number of aromatic nitrogens is 4. The van der Waals surface area contributed by atoms with E-state index in [1.54, 1.807) is 38.1 Å². The summed E-state index contributed by atoms with van der Waals surface area (Å²) in [4.78, 5) is 20.9. The van der Waals surface area contributed by atoms with Crippen molar-refractivity contribution in [3.63, 3.8) is 0 Å². The smallest absolute Gasteiger partial charge is 0.263 e. The van der Waals surface area contributed by atoms with Crippen LogP contribution >= 0.6 is 0 Å². The minimum absolute atomic E-state index is 0.00453. The summed E-state index contributed by atoms with van der Waals surface area (Å²) in [5.74, 6) is 0.314. The molecule has 0 spiro atoms. The van der Waals surface area contributed by atoms with Gasteiger partial charge in [-0.05, 0) is 12.5 Å². The van der Waals surface area contributed by atoms with Gasteiger partial charge < -0.3 is 4.90 Å². The number of alkyl halides is 3. The third-order valence-corrected chi connectivity index (χ3v) is 4.21. The van der Waals surface area contributed by atoms with Gasteiger partial charge in [0, 0.05) is 19.7 Å². The lowest BCUT2D eigenvalue weighted by Crippen LogP contribution is -2.20. The molecule has 3 rings (SSSR count). The van der Waals surface area contributed by atoms with Crippen LogP contribution in [-0.2, 0) is 6.67 Å². The molecule has 1 N–H and O–H groups in total. The first-order valence-corrected chi connectivity index (χ1v) is 7.96. The molecule has 1 atom stereocenters. The number of H-pyrrole nitrogens is 1. The van der Waals surface area contributed by atoms with Crippen molar-refractivity contribution in [1.82, 2.24) is 19.7 Å². The number of hydrogen-bond donors (Lipinski definition) is 1. The maximum absolute atomic E-state index is 13.4. The van der Waals surface area contributed by atoms with Crippen LogP contribution < -0.4 is 10.5 Å². The van der Waals surface area contributed by atoms with Crippen LogP contribution in [0.1, 0.15) is 36.2 Å². The van der Waals surface area contributed by atoms with E-state index in [0.29, 0.717) is 11.5 Å². The van der Waals surface area contributed by atoms with Crippen LogP contribution in [0, 0.1) is 0 Å². The number of nitrogens with zero attached hydrogens (tertiary/aromatic N) is 4. The van der Waals surface area contributed by atoms with Gasteiger partial charge in [0.15, 0.2) is 5.65 Å². The summed E-state index contributed by atoms with van der Waals surface area (Å²) in [6, 6.07) is 5.38. The fraction of sp³-hybridized carbons (Fsp3) is 0.353. The van der Waals surface area contributed by atoms with Crippen molar-refractivity contribution in [2.45, 2.75) is 26.1 Å². The number of rotatable bonds is 5. The highest BCUT2D eigenvalue weighted by molar-refractivity contribution is 5.78. The first-order chi connectivity index (χ1) is 12.3. The molecule has 0 aliphatic rings. The Labute approximate surface area is 147 Å². The normalized spacial score (nSPS) is 12.7. The topological polar surface area (TPSA) is 66.8 Å². The first kappa shape index (κ1) is 18.0. The van der Waals surface area contributed by atoms with Crippen molar-refractivity contribution in [2.75, 3.05) is 19.0 Å². The lowest BCUT2D eigenvalue weighted by atomic mass is 10.1. The van der Waals surface area contributed by atoms with Crippen LogP contribution in [0.25, 0.3) is 11.0 Å². The molecule has 0 radical (unpaired) electrons. The van der Waals surface area contributed by atoms with E-state index in [1.165, 1.54) is 16.8 Å². The Morgan fingerprint density at radius 2 is 1.81 bits per heavy atom. The Hall–Kier alpha value is -2.84. The molecule has 9 heteroatoms. The zero-order chi connectivity index (χ0) is 19.0. The van der Waals surface area contributed by atoms with Gasteiger partial charge in [0.05, 0.1) is 6.04 Å². The Balaban J connectivity index is 2.15. The van der Waals surface area contributed by atoms with Gasteiger partial charge in [0.2, 0.25) is 5.95 Å². The van der Waals surface area contributed by atoms with E-state index in [-0.39, 0.29) is 22.3 Å². The van der Waals surface area contributed by atoms with E-state index < -0.39 is 24.7 Å². The highest BCUT2D eigenvalue weighted by atomic mass is 19.3. The highest BCUT2D eigenvalue weighted by Crippen LogP contribution is 2.26. The quantitative estimate of drug-likeness (QED) is 0.754. The maximum Gasteiger partial charge on any atom is 0.263 e. The molecule has 0 bridgehead atoms. The van der Waals surface area contributed by atoms with Gasteiger partial charge in [0.25, 0.3) is 12.0 Å². The van der Waals surface area contributed by atoms with Crippen LogP contribution in [0.2, 0.25) is 0 Å². The number of halogens is 3. The molecule has 6 nitrogen and oxygen atoms in total. The molecule has 0 saturated carbocycles. The predicted octanol–water partition coefficient (Wildman–Crippen LogP) is 3.20. The monoisotopic (exact) mass is 365 g/mol. The van der Waals surface area contributed by atoms with E-state index in [1.807, 2.05) is 0 Å². The van der Waals surface area contributed by atoms with E-state index in [0.717, 1.165) is 0 Å². The van der Waals surface area contributed by atoms with Gasteiger partial charge >= 0.3 is 0 Å². The van der Waals surface area contributed by atoms with Crippen LogP contribution in [0.5, 0.6) is 0 Å². The standard InChI is InChI=1S/C17H18F3N5O/c1-9(10-4-6-11(7-5-10)14(19)20)25-15-13(12(8-18)23-25)16(26)22-17(21-15)24(2)3/h4-7,9,14H,8H2,1-3H3,(H,21,22,26)/t9-/m0/s1. The fourth-order valence-corrected chi connectivity index (χ4v) is 2.74. The molecular formula is C17H18F3N5O. The number of aromatic amines is 1. The van der Waals surface area contributed by atoms with Crippen LogP contribution in [0.4, 0.5) is 19.1 Å². The number of nitrogens with one attached hydrogen (secondary N) is 1. The van der Waals surface area contributed by atoms with E-state index in [2.05, 4.69) is 15.1 Å². The first-order valence-electron chi connectivity index (χ1n) is 7.96. The number of hydrogen-bond acceptors (Lipinski definition) is 4. The number of fused-ring (bicyclic) bond motifs is 1. The Kier molecular flexibility index (Phi) is 4.71. The summed E-state index contributed by atoms with van der Waals surface area (Å²) in [6.45, 7) is 0.872. The molecule has 0 aliphatic heterocycles. The second-order valence-electron chi connectivity index (χ2n) is 6.15. The minimum atomic E-state index is -2.55. The minimum Gasteiger partial charge on any atom is -0.348 e. The van der Waals surface area contributed by atoms with Crippen molar-refractivity contribution in [1.29, 1.82) is 0 Å². The number of benzene rings is 1. The molecular weight excluding hydrogens is 347 g/mol. The Morgan fingerprint density at radius 3 is 2.35 bits per heavy atom. The van der Waals surface area contributed by atoms with Gasteiger partial charge in [-0.1, -0.05) is 24.3 Å². The molecule has 0 aliphatic carbocycles. The summed E-state index contributed by atoms with van der Waals surface area (Å²) in [7, 11) is 3.43. The van der Waals surface area contributed by atoms with Crippen LogP contribution in [0.3, 0.4) is 0 Å². The summed E-state index contributed by atoms with van der Waals surface area (Å²) in [5.41, 5.74) is 0.376. The Bertz CT molecular complexity index is 978. The number of anilines is 1. The van der Waals surface area contributed by atoms with E-state index >= 15 is 0 Å². The summed E-state index contributed by atoms with van der Waals surface area (Å²) in [6.07, 6.45) is -2.55. The van der Waals surface area contributed by atoms with Crippen molar-refractivity contribution >= 4 is 17.0 Å². The SMILES string of the molecule is C[C@@H](c1ccc(C(F)F)cc1)n1nc(CF)c2c(=O)[nH]c(N(C)C)nc21. The maximum atomic E-state index is 13.4. The van der Waals surface area contributed by atoms with Gasteiger partial charge in [-0.15, -0.1) is 0 Å². The largest absolute Gasteiger partial charge is 0.348 e. The lowest BCUT2D eigenvalue weighted by Gasteiger charge is -2.15. The van der Waals surface area contributed by atoms with Gasteiger partial charge in [-0.25, -0.2) is 17.9 Å². The summed E-state index contributed by atoms with van der Waals surface area (Å²) >= 11 is 0. The zero-order valence-electron chi connectivity index (χ0n) is 14.5. The average molecular weight is 365 g/mol. The molecule has 3 aromatic rings. The highest BCUT2D eigenvalue weighted by Gasteiger charge is 2.21. The van der Waals surface area contributed by atoms with Crippen molar-refractivity contribution in [3.8, 4) is 0 Å². The molecule has 0 amide bonds. The van der Waals surface area contributed by atoms with Crippen molar-refractivity contribution in [3.05, 3.63) is 51.4 Å². The lowest BCUT2D eigenvalue weighted by molar-refractivity contribution is 0.151.